The van der Waals surface area contributed by atoms with E-state index in [0.717, 1.165) is 25.2 Å². The second-order valence-electron chi connectivity index (χ2n) is 4.26. The zero-order valence-electron chi connectivity index (χ0n) is 10.2. The number of hydrogen-bond donors (Lipinski definition) is 2. The minimum absolute atomic E-state index is 0.214. The van der Waals surface area contributed by atoms with Gasteiger partial charge < -0.3 is 16.0 Å². The molecule has 1 aromatic carbocycles. The Bertz CT molecular complexity index is 464. The number of nitrogens with two attached hydrogens (primary N) is 1. The highest BCUT2D eigenvalue weighted by atomic mass is 19.4. The monoisotopic (exact) mass is 272 g/mol. The van der Waals surface area contributed by atoms with E-state index in [1.165, 1.54) is 12.1 Å². The first kappa shape index (κ1) is 13.7. The summed E-state index contributed by atoms with van der Waals surface area (Å²) in [6.45, 7) is 2.99. The molecular formula is C12H15F3N4. The standard InChI is InChI=1S/C12H15F3N4/c13-12(14,15)9-2-1-3-10(8-9)18-11(16)19-6-4-17-5-7-19/h1-3,8,17H,4-7H2,(H2,16,18). The van der Waals surface area contributed by atoms with Gasteiger partial charge in [0.25, 0.3) is 0 Å². The smallest absolute Gasteiger partial charge is 0.369 e. The Morgan fingerprint density at radius 1 is 1.26 bits per heavy atom. The third-order valence-electron chi connectivity index (χ3n) is 2.86. The van der Waals surface area contributed by atoms with Crippen molar-refractivity contribution in [1.82, 2.24) is 10.2 Å². The Kier molecular flexibility index (Phi) is 3.94. The molecule has 0 spiro atoms. The first-order chi connectivity index (χ1) is 8.97. The third kappa shape index (κ3) is 3.60. The lowest BCUT2D eigenvalue weighted by molar-refractivity contribution is -0.137. The molecule has 0 bridgehead atoms. The van der Waals surface area contributed by atoms with Gasteiger partial charge in [0.1, 0.15) is 0 Å². The summed E-state index contributed by atoms with van der Waals surface area (Å²) in [5, 5.41) is 3.16. The number of nitrogens with one attached hydrogen (secondary N) is 1. The average Bonchev–Trinajstić information content (AvgIpc) is 2.39. The molecule has 4 nitrogen and oxygen atoms in total. The van der Waals surface area contributed by atoms with Crippen LogP contribution in [0.25, 0.3) is 0 Å². The van der Waals surface area contributed by atoms with Gasteiger partial charge in [-0.15, -0.1) is 0 Å². The summed E-state index contributed by atoms with van der Waals surface area (Å²) in [6, 6.07) is 4.84. The number of halogens is 3. The predicted octanol–water partition coefficient (Wildman–Crippen LogP) is 1.56. The first-order valence-electron chi connectivity index (χ1n) is 5.94. The van der Waals surface area contributed by atoms with Crippen molar-refractivity contribution in [2.24, 2.45) is 10.7 Å². The van der Waals surface area contributed by atoms with Crippen LogP contribution in [-0.4, -0.2) is 37.0 Å². The number of nitrogens with zero attached hydrogens (tertiary/aromatic N) is 2. The zero-order chi connectivity index (χ0) is 13.9. The van der Waals surface area contributed by atoms with E-state index in [1.807, 2.05) is 4.90 Å². The van der Waals surface area contributed by atoms with E-state index in [2.05, 4.69) is 10.3 Å². The number of hydrogen-bond acceptors (Lipinski definition) is 2. The second-order valence-corrected chi connectivity index (χ2v) is 4.26. The molecular weight excluding hydrogens is 257 g/mol. The molecule has 0 atom stereocenters. The number of rotatable bonds is 1. The lowest BCUT2D eigenvalue weighted by Gasteiger charge is -2.28. The van der Waals surface area contributed by atoms with Crippen molar-refractivity contribution in [3.05, 3.63) is 29.8 Å². The van der Waals surface area contributed by atoms with Gasteiger partial charge in [-0.1, -0.05) is 6.07 Å². The molecule has 1 saturated heterocycles. The number of guanidine groups is 1. The Morgan fingerprint density at radius 3 is 2.58 bits per heavy atom. The minimum atomic E-state index is -4.37. The summed E-state index contributed by atoms with van der Waals surface area (Å²) in [4.78, 5) is 5.89. The Labute approximate surface area is 109 Å². The maximum Gasteiger partial charge on any atom is 0.416 e. The topological polar surface area (TPSA) is 53.6 Å². The van der Waals surface area contributed by atoms with Crippen molar-refractivity contribution in [1.29, 1.82) is 0 Å². The fraction of sp³-hybridized carbons (Fsp3) is 0.417. The fourth-order valence-electron chi connectivity index (χ4n) is 1.85. The summed E-state index contributed by atoms with van der Waals surface area (Å²) in [7, 11) is 0. The van der Waals surface area contributed by atoms with E-state index in [0.29, 0.717) is 13.1 Å². The molecule has 0 unspecified atom stereocenters. The first-order valence-corrected chi connectivity index (χ1v) is 5.94. The molecule has 1 aromatic rings. The molecule has 1 fully saturated rings. The summed E-state index contributed by atoms with van der Waals surface area (Å²) in [6.07, 6.45) is -4.37. The van der Waals surface area contributed by atoms with E-state index in [1.54, 1.807) is 0 Å². The van der Waals surface area contributed by atoms with E-state index in [9.17, 15) is 13.2 Å². The largest absolute Gasteiger partial charge is 0.416 e. The number of piperazine rings is 1. The predicted molar refractivity (Wildman–Crippen MR) is 67.2 cm³/mol. The third-order valence-corrected chi connectivity index (χ3v) is 2.86. The molecule has 104 valence electrons. The molecule has 0 aromatic heterocycles. The molecule has 0 radical (unpaired) electrons. The highest BCUT2D eigenvalue weighted by Gasteiger charge is 2.30. The summed E-state index contributed by atoms with van der Waals surface area (Å²) < 4.78 is 37.7. The molecule has 3 N–H and O–H groups in total. The number of benzene rings is 1. The minimum Gasteiger partial charge on any atom is -0.369 e. The maximum atomic E-state index is 12.6. The van der Waals surface area contributed by atoms with Crippen LogP contribution in [-0.2, 0) is 6.18 Å². The highest BCUT2D eigenvalue weighted by Crippen LogP contribution is 2.31. The van der Waals surface area contributed by atoms with Crippen molar-refractivity contribution in [3.63, 3.8) is 0 Å². The van der Waals surface area contributed by atoms with Crippen molar-refractivity contribution in [2.45, 2.75) is 6.18 Å². The van der Waals surface area contributed by atoms with Gasteiger partial charge in [-0.25, -0.2) is 4.99 Å². The van der Waals surface area contributed by atoms with Crippen LogP contribution in [0.2, 0.25) is 0 Å². The molecule has 1 aliphatic rings. The SMILES string of the molecule is NC(=Nc1cccc(C(F)(F)F)c1)N1CCNCC1. The van der Waals surface area contributed by atoms with E-state index in [-0.39, 0.29) is 11.6 Å². The number of alkyl halides is 3. The average molecular weight is 272 g/mol. The van der Waals surface area contributed by atoms with Gasteiger partial charge in [0.15, 0.2) is 5.96 Å². The van der Waals surface area contributed by atoms with Gasteiger partial charge in [-0.05, 0) is 18.2 Å². The van der Waals surface area contributed by atoms with E-state index < -0.39 is 11.7 Å². The van der Waals surface area contributed by atoms with Crippen LogP contribution in [0.4, 0.5) is 18.9 Å². The molecule has 1 aliphatic heterocycles. The van der Waals surface area contributed by atoms with Crippen molar-refractivity contribution in [3.8, 4) is 0 Å². The second kappa shape index (κ2) is 5.48. The van der Waals surface area contributed by atoms with Crippen molar-refractivity contribution in [2.75, 3.05) is 26.2 Å². The van der Waals surface area contributed by atoms with Crippen LogP contribution in [0.3, 0.4) is 0 Å². The quantitative estimate of drug-likeness (QED) is 0.602. The van der Waals surface area contributed by atoms with Gasteiger partial charge in [-0.3, -0.25) is 0 Å². The molecule has 7 heteroatoms. The summed E-state index contributed by atoms with van der Waals surface area (Å²) in [5.41, 5.74) is 5.30. The van der Waals surface area contributed by atoms with Crippen molar-refractivity contribution >= 4 is 11.6 Å². The molecule has 0 amide bonds. The van der Waals surface area contributed by atoms with Gasteiger partial charge in [-0.2, -0.15) is 13.2 Å². The molecule has 0 saturated carbocycles. The maximum absolute atomic E-state index is 12.6. The molecule has 2 rings (SSSR count). The summed E-state index contributed by atoms with van der Waals surface area (Å²) >= 11 is 0. The van der Waals surface area contributed by atoms with Gasteiger partial charge >= 0.3 is 6.18 Å². The lowest BCUT2D eigenvalue weighted by atomic mass is 10.2. The van der Waals surface area contributed by atoms with Crippen molar-refractivity contribution < 1.29 is 13.2 Å². The zero-order valence-corrected chi connectivity index (χ0v) is 10.2. The molecule has 0 aliphatic carbocycles. The number of aliphatic imine (C=N–C) groups is 1. The van der Waals surface area contributed by atoms with E-state index >= 15 is 0 Å². The molecule has 19 heavy (non-hydrogen) atoms. The summed E-state index contributed by atoms with van der Waals surface area (Å²) in [5.74, 6) is 0.251. The molecule has 1 heterocycles. The highest BCUT2D eigenvalue weighted by molar-refractivity contribution is 5.81. The van der Waals surface area contributed by atoms with Gasteiger partial charge in [0.2, 0.25) is 0 Å². The van der Waals surface area contributed by atoms with Gasteiger partial charge in [0.05, 0.1) is 11.3 Å². The Hall–Kier alpha value is -1.76. The normalized spacial score (nSPS) is 17.6. The van der Waals surface area contributed by atoms with Crippen LogP contribution in [0.15, 0.2) is 29.3 Å². The van der Waals surface area contributed by atoms with Gasteiger partial charge in [0, 0.05) is 26.2 Å². The van der Waals surface area contributed by atoms with Crippen LogP contribution in [0.5, 0.6) is 0 Å². The van der Waals surface area contributed by atoms with Crippen LogP contribution in [0.1, 0.15) is 5.56 Å². The van der Waals surface area contributed by atoms with Crippen LogP contribution in [0, 0.1) is 0 Å². The fourth-order valence-corrected chi connectivity index (χ4v) is 1.85. The van der Waals surface area contributed by atoms with E-state index in [4.69, 9.17) is 5.73 Å². The Balaban J connectivity index is 2.17. The van der Waals surface area contributed by atoms with Crippen LogP contribution < -0.4 is 11.1 Å². The van der Waals surface area contributed by atoms with Crippen LogP contribution >= 0.6 is 0 Å². The lowest BCUT2D eigenvalue weighted by Crippen LogP contribution is -2.49. The Morgan fingerprint density at radius 2 is 1.95 bits per heavy atom.